The van der Waals surface area contributed by atoms with Crippen LogP contribution in [0, 0.1) is 5.82 Å². The fraction of sp³-hybridized carbons (Fsp3) is 0.0769. The molecule has 0 saturated heterocycles. The van der Waals surface area contributed by atoms with Gasteiger partial charge in [-0.3, -0.25) is 4.72 Å². The first kappa shape index (κ1) is 14.1. The minimum atomic E-state index is -3.86. The smallest absolute Gasteiger partial charge is 0.261 e. The molecular formula is C13H13FN2O3S. The van der Waals surface area contributed by atoms with Gasteiger partial charge in [0.2, 0.25) is 0 Å². The molecule has 3 N–H and O–H groups in total. The summed E-state index contributed by atoms with van der Waals surface area (Å²) < 4.78 is 44.8. The second kappa shape index (κ2) is 5.38. The molecule has 0 aromatic heterocycles. The Bertz CT molecular complexity index is 715. The number of ether oxygens (including phenoxy) is 1. The topological polar surface area (TPSA) is 81.4 Å². The standard InChI is InChI=1S/C13H13FN2O3S/c1-19-10-4-2-9(3-5-10)16-20(17,18)11-6-7-13(15)12(14)8-11/h2-8,16H,15H2,1H3. The van der Waals surface area contributed by atoms with Crippen molar-refractivity contribution in [1.82, 2.24) is 0 Å². The van der Waals surface area contributed by atoms with E-state index in [0.717, 1.165) is 6.07 Å². The lowest BCUT2D eigenvalue weighted by Crippen LogP contribution is -2.13. The van der Waals surface area contributed by atoms with E-state index in [1.807, 2.05) is 0 Å². The molecule has 7 heteroatoms. The van der Waals surface area contributed by atoms with Crippen LogP contribution >= 0.6 is 0 Å². The Morgan fingerprint density at radius 1 is 1.15 bits per heavy atom. The van der Waals surface area contributed by atoms with Crippen molar-refractivity contribution < 1.29 is 17.5 Å². The van der Waals surface area contributed by atoms with Crippen LogP contribution in [0.2, 0.25) is 0 Å². The third kappa shape index (κ3) is 3.00. The van der Waals surface area contributed by atoms with E-state index in [4.69, 9.17) is 10.5 Å². The molecule has 0 heterocycles. The predicted molar refractivity (Wildman–Crippen MR) is 74.6 cm³/mol. The maximum Gasteiger partial charge on any atom is 0.261 e. The van der Waals surface area contributed by atoms with Gasteiger partial charge in [0, 0.05) is 5.69 Å². The van der Waals surface area contributed by atoms with Gasteiger partial charge in [-0.25, -0.2) is 12.8 Å². The molecule has 2 rings (SSSR count). The average Bonchev–Trinajstić information content (AvgIpc) is 2.42. The molecule has 0 bridgehead atoms. The predicted octanol–water partition coefficient (Wildman–Crippen LogP) is 2.22. The fourth-order valence-corrected chi connectivity index (χ4v) is 2.62. The van der Waals surface area contributed by atoms with Gasteiger partial charge in [-0.05, 0) is 42.5 Å². The molecule has 2 aromatic rings. The number of anilines is 2. The number of sulfonamides is 1. The number of nitrogens with one attached hydrogen (secondary N) is 1. The maximum atomic E-state index is 13.3. The number of hydrogen-bond donors (Lipinski definition) is 2. The molecule has 0 spiro atoms. The van der Waals surface area contributed by atoms with E-state index >= 15 is 0 Å². The van der Waals surface area contributed by atoms with Crippen molar-refractivity contribution >= 4 is 21.4 Å². The number of nitrogens with two attached hydrogens (primary N) is 1. The maximum absolute atomic E-state index is 13.3. The first-order chi connectivity index (χ1) is 9.42. The monoisotopic (exact) mass is 296 g/mol. The van der Waals surface area contributed by atoms with Crippen molar-refractivity contribution in [2.24, 2.45) is 0 Å². The highest BCUT2D eigenvalue weighted by molar-refractivity contribution is 7.92. The first-order valence-corrected chi connectivity index (χ1v) is 7.12. The summed E-state index contributed by atoms with van der Waals surface area (Å²) in [6.45, 7) is 0. The SMILES string of the molecule is COc1ccc(NS(=O)(=O)c2ccc(N)c(F)c2)cc1. The number of methoxy groups -OCH3 is 1. The molecule has 0 amide bonds. The van der Waals surface area contributed by atoms with Gasteiger partial charge in [-0.15, -0.1) is 0 Å². The van der Waals surface area contributed by atoms with Gasteiger partial charge in [-0.1, -0.05) is 0 Å². The summed E-state index contributed by atoms with van der Waals surface area (Å²) in [5.74, 6) is -0.172. The van der Waals surface area contributed by atoms with E-state index < -0.39 is 15.8 Å². The zero-order valence-corrected chi connectivity index (χ0v) is 11.4. The largest absolute Gasteiger partial charge is 0.497 e. The van der Waals surface area contributed by atoms with Crippen molar-refractivity contribution in [3.05, 3.63) is 48.3 Å². The van der Waals surface area contributed by atoms with Crippen molar-refractivity contribution in [2.75, 3.05) is 17.6 Å². The number of nitrogen functional groups attached to an aromatic ring is 1. The molecule has 0 fully saturated rings. The first-order valence-electron chi connectivity index (χ1n) is 5.64. The summed E-state index contributed by atoms with van der Waals surface area (Å²) in [6, 6.07) is 9.64. The minimum absolute atomic E-state index is 0.103. The Hall–Kier alpha value is -2.28. The lowest BCUT2D eigenvalue weighted by molar-refractivity contribution is 0.415. The van der Waals surface area contributed by atoms with Crippen LogP contribution in [0.25, 0.3) is 0 Å². The second-order valence-corrected chi connectivity index (χ2v) is 5.70. The highest BCUT2D eigenvalue weighted by atomic mass is 32.2. The quantitative estimate of drug-likeness (QED) is 0.848. The van der Waals surface area contributed by atoms with Crippen molar-refractivity contribution in [1.29, 1.82) is 0 Å². The molecule has 20 heavy (non-hydrogen) atoms. The summed E-state index contributed by atoms with van der Waals surface area (Å²) in [5.41, 5.74) is 5.56. The van der Waals surface area contributed by atoms with Crippen molar-refractivity contribution in [2.45, 2.75) is 4.90 Å². The van der Waals surface area contributed by atoms with Crippen LogP contribution in [-0.4, -0.2) is 15.5 Å². The summed E-state index contributed by atoms with van der Waals surface area (Å²) in [4.78, 5) is -0.194. The molecule has 0 aliphatic rings. The highest BCUT2D eigenvalue weighted by Crippen LogP contribution is 2.21. The van der Waals surface area contributed by atoms with Gasteiger partial charge in [0.25, 0.3) is 10.0 Å². The molecule has 0 aliphatic heterocycles. The third-order valence-corrected chi connectivity index (χ3v) is 4.00. The fourth-order valence-electron chi connectivity index (χ4n) is 1.55. The normalized spacial score (nSPS) is 11.1. The molecule has 0 saturated carbocycles. The summed E-state index contributed by atoms with van der Waals surface area (Å²) in [6.07, 6.45) is 0. The van der Waals surface area contributed by atoms with E-state index in [2.05, 4.69) is 4.72 Å². The number of benzene rings is 2. The average molecular weight is 296 g/mol. The van der Waals surface area contributed by atoms with E-state index in [-0.39, 0.29) is 10.6 Å². The van der Waals surface area contributed by atoms with Gasteiger partial charge in [0.05, 0.1) is 17.7 Å². The third-order valence-electron chi connectivity index (χ3n) is 2.62. The molecule has 2 aromatic carbocycles. The van der Waals surface area contributed by atoms with E-state index in [1.54, 1.807) is 24.3 Å². The van der Waals surface area contributed by atoms with E-state index in [1.165, 1.54) is 19.2 Å². The van der Waals surface area contributed by atoms with Gasteiger partial charge >= 0.3 is 0 Å². The second-order valence-electron chi connectivity index (χ2n) is 4.02. The lowest BCUT2D eigenvalue weighted by Gasteiger charge is -2.09. The van der Waals surface area contributed by atoms with Crippen LogP contribution in [0.3, 0.4) is 0 Å². The highest BCUT2D eigenvalue weighted by Gasteiger charge is 2.15. The van der Waals surface area contributed by atoms with E-state index in [9.17, 15) is 12.8 Å². The Labute approximate surface area is 116 Å². The van der Waals surface area contributed by atoms with Gasteiger partial charge in [0.15, 0.2) is 0 Å². The Morgan fingerprint density at radius 2 is 1.80 bits per heavy atom. The van der Waals surface area contributed by atoms with Crippen LogP contribution in [0.1, 0.15) is 0 Å². The van der Waals surface area contributed by atoms with Crippen LogP contribution in [0.4, 0.5) is 15.8 Å². The van der Waals surface area contributed by atoms with Crippen molar-refractivity contribution in [3.63, 3.8) is 0 Å². The Morgan fingerprint density at radius 3 is 2.35 bits per heavy atom. The van der Waals surface area contributed by atoms with Crippen LogP contribution in [0.15, 0.2) is 47.4 Å². The number of halogens is 1. The Balaban J connectivity index is 2.27. The molecule has 0 radical (unpaired) electrons. The molecule has 0 atom stereocenters. The van der Waals surface area contributed by atoms with Gasteiger partial charge < -0.3 is 10.5 Å². The summed E-state index contributed by atoms with van der Waals surface area (Å²) in [5, 5.41) is 0. The summed E-state index contributed by atoms with van der Waals surface area (Å²) in [7, 11) is -2.35. The van der Waals surface area contributed by atoms with Gasteiger partial charge in [-0.2, -0.15) is 0 Å². The van der Waals surface area contributed by atoms with Crippen LogP contribution in [0.5, 0.6) is 5.75 Å². The number of rotatable bonds is 4. The molecule has 0 unspecified atom stereocenters. The molecule has 106 valence electrons. The number of hydrogen-bond acceptors (Lipinski definition) is 4. The van der Waals surface area contributed by atoms with Crippen LogP contribution < -0.4 is 15.2 Å². The minimum Gasteiger partial charge on any atom is -0.497 e. The molecule has 5 nitrogen and oxygen atoms in total. The molecule has 0 aliphatic carbocycles. The lowest BCUT2D eigenvalue weighted by atomic mass is 10.3. The molecular weight excluding hydrogens is 283 g/mol. The zero-order valence-electron chi connectivity index (χ0n) is 10.6. The van der Waals surface area contributed by atoms with Crippen molar-refractivity contribution in [3.8, 4) is 5.75 Å². The summed E-state index contributed by atoms with van der Waals surface area (Å²) >= 11 is 0. The Kier molecular flexibility index (Phi) is 3.80. The zero-order chi connectivity index (χ0) is 14.8. The van der Waals surface area contributed by atoms with E-state index in [0.29, 0.717) is 11.4 Å². The van der Waals surface area contributed by atoms with Crippen LogP contribution in [-0.2, 0) is 10.0 Å². The van der Waals surface area contributed by atoms with Gasteiger partial charge in [0.1, 0.15) is 11.6 Å².